The maximum atomic E-state index is 10.7. The lowest BCUT2D eigenvalue weighted by molar-refractivity contribution is -0.118. The number of anilines is 1. The molecule has 7 heteroatoms. The number of amides is 1. The Kier molecular flexibility index (Phi) is 7.21. The molecule has 0 unspecified atom stereocenters. The summed E-state index contributed by atoms with van der Waals surface area (Å²) in [4.78, 5) is 15.3. The summed E-state index contributed by atoms with van der Waals surface area (Å²) < 4.78 is 5.21. The van der Waals surface area contributed by atoms with Gasteiger partial charge in [0, 0.05) is 23.9 Å². The van der Waals surface area contributed by atoms with E-state index in [-0.39, 0.29) is 18.3 Å². The van der Waals surface area contributed by atoms with Gasteiger partial charge >= 0.3 is 0 Å². The van der Waals surface area contributed by atoms with Crippen molar-refractivity contribution in [1.29, 1.82) is 0 Å². The van der Waals surface area contributed by atoms with Crippen molar-refractivity contribution in [3.05, 3.63) is 29.8 Å². The minimum Gasteiger partial charge on any atom is -0.497 e. The van der Waals surface area contributed by atoms with Crippen LogP contribution in [-0.4, -0.2) is 24.5 Å². The molecule has 0 atom stereocenters. The summed E-state index contributed by atoms with van der Waals surface area (Å²) in [5, 5.41) is 4.19. The predicted octanol–water partition coefficient (Wildman–Crippen LogP) is 3.08. The Balaban J connectivity index is 0.00000242. The van der Waals surface area contributed by atoms with Crippen molar-refractivity contribution >= 4 is 46.6 Å². The molecule has 1 aromatic carbocycles. The molecular weight excluding hydrogens is 325 g/mol. The number of hydrogen-bond donors (Lipinski definition) is 2. The van der Waals surface area contributed by atoms with Crippen LogP contribution in [0.1, 0.15) is 18.4 Å². The molecule has 0 bridgehead atoms. The summed E-state index contributed by atoms with van der Waals surface area (Å²) in [6, 6.07) is 7.69. The molecule has 0 aliphatic heterocycles. The molecule has 2 aromatic rings. The van der Waals surface area contributed by atoms with Crippen molar-refractivity contribution in [2.75, 3.05) is 19.0 Å². The smallest absolute Gasteiger partial charge is 0.217 e. The monoisotopic (exact) mass is 343 g/mol. The number of aromatic nitrogens is 1. The number of fused-ring (bicyclic) bond motifs is 1. The van der Waals surface area contributed by atoms with Crippen molar-refractivity contribution in [3.8, 4) is 5.75 Å². The summed E-state index contributed by atoms with van der Waals surface area (Å²) in [6.07, 6.45) is 1.02. The lowest BCUT2D eigenvalue weighted by Gasteiger charge is -2.11. The second-order valence-electron chi connectivity index (χ2n) is 4.69. The average Bonchev–Trinajstić information content (AvgIpc) is 2.49. The van der Waals surface area contributed by atoms with Gasteiger partial charge < -0.3 is 15.8 Å². The molecule has 2 rings (SSSR count). The van der Waals surface area contributed by atoms with Crippen molar-refractivity contribution in [3.63, 3.8) is 0 Å². The molecule has 0 aliphatic carbocycles. The van der Waals surface area contributed by atoms with Crippen molar-refractivity contribution < 1.29 is 9.53 Å². The van der Waals surface area contributed by atoms with Crippen LogP contribution in [0.4, 0.5) is 5.82 Å². The lowest BCUT2D eigenvalue weighted by atomic mass is 10.1. The summed E-state index contributed by atoms with van der Waals surface area (Å²) in [7, 11) is 1.63. The molecule has 3 N–H and O–H groups in total. The van der Waals surface area contributed by atoms with E-state index in [0.717, 1.165) is 28.0 Å². The fourth-order valence-corrected chi connectivity index (χ4v) is 2.25. The third kappa shape index (κ3) is 4.64. The van der Waals surface area contributed by atoms with Crippen LogP contribution in [0.25, 0.3) is 10.9 Å². The molecule has 120 valence electrons. The minimum absolute atomic E-state index is 0. The van der Waals surface area contributed by atoms with Gasteiger partial charge in [-0.25, -0.2) is 4.98 Å². The summed E-state index contributed by atoms with van der Waals surface area (Å²) in [5.41, 5.74) is 6.89. The predicted molar refractivity (Wildman–Crippen MR) is 92.0 cm³/mol. The molecule has 0 radical (unpaired) electrons. The van der Waals surface area contributed by atoms with Crippen LogP contribution in [0.15, 0.2) is 24.3 Å². The van der Waals surface area contributed by atoms with Crippen molar-refractivity contribution in [2.45, 2.75) is 18.7 Å². The standard InChI is InChI=1S/C15H18ClN3O2.ClH/c1-21-12-4-5-13-10(8-12)7-11(9-16)15(19-13)18-6-2-3-14(17)20;/h4-5,7-8H,2-3,6,9H2,1H3,(H2,17,20)(H,18,19);1H. The highest BCUT2D eigenvalue weighted by atomic mass is 35.5. The van der Waals surface area contributed by atoms with E-state index in [1.165, 1.54) is 0 Å². The molecule has 1 amide bonds. The van der Waals surface area contributed by atoms with E-state index in [2.05, 4.69) is 10.3 Å². The number of nitrogens with two attached hydrogens (primary N) is 1. The Morgan fingerprint density at radius 1 is 1.41 bits per heavy atom. The molecule has 0 spiro atoms. The first-order valence-electron chi connectivity index (χ1n) is 6.70. The number of pyridine rings is 1. The maximum absolute atomic E-state index is 10.7. The summed E-state index contributed by atoms with van der Waals surface area (Å²) in [6.45, 7) is 0.626. The molecule has 22 heavy (non-hydrogen) atoms. The van der Waals surface area contributed by atoms with E-state index >= 15 is 0 Å². The first-order chi connectivity index (χ1) is 10.1. The van der Waals surface area contributed by atoms with Crippen molar-refractivity contribution in [1.82, 2.24) is 4.98 Å². The summed E-state index contributed by atoms with van der Waals surface area (Å²) in [5.74, 6) is 1.59. The Labute approximate surface area is 140 Å². The Morgan fingerprint density at radius 2 is 2.18 bits per heavy atom. The number of halogens is 2. The third-order valence-corrected chi connectivity index (χ3v) is 3.43. The molecule has 5 nitrogen and oxygen atoms in total. The number of ether oxygens (including phenoxy) is 1. The van der Waals surface area contributed by atoms with E-state index in [9.17, 15) is 4.79 Å². The zero-order chi connectivity index (χ0) is 15.2. The number of primary amides is 1. The van der Waals surface area contributed by atoms with Crippen LogP contribution in [0, 0.1) is 0 Å². The Bertz CT molecular complexity index is 650. The number of methoxy groups -OCH3 is 1. The van der Waals surface area contributed by atoms with Crippen LogP contribution in [0.3, 0.4) is 0 Å². The van der Waals surface area contributed by atoms with E-state index in [0.29, 0.717) is 25.3 Å². The van der Waals surface area contributed by atoms with Crippen LogP contribution in [0.5, 0.6) is 5.75 Å². The Hall–Kier alpha value is -1.72. The summed E-state index contributed by atoms with van der Waals surface area (Å²) >= 11 is 5.98. The first-order valence-corrected chi connectivity index (χ1v) is 7.23. The van der Waals surface area contributed by atoms with Gasteiger partial charge in [-0.15, -0.1) is 24.0 Å². The van der Waals surface area contributed by atoms with Gasteiger partial charge in [-0.3, -0.25) is 4.79 Å². The molecule has 0 saturated carbocycles. The highest BCUT2D eigenvalue weighted by Crippen LogP contribution is 2.25. The Morgan fingerprint density at radius 3 is 2.82 bits per heavy atom. The SMILES string of the molecule is COc1ccc2nc(NCCCC(N)=O)c(CCl)cc2c1.Cl. The zero-order valence-electron chi connectivity index (χ0n) is 12.3. The van der Waals surface area contributed by atoms with Crippen molar-refractivity contribution in [2.24, 2.45) is 5.73 Å². The molecule has 1 heterocycles. The van der Waals surface area contributed by atoms with Gasteiger partial charge in [0.2, 0.25) is 5.91 Å². The number of nitrogens with one attached hydrogen (secondary N) is 1. The zero-order valence-corrected chi connectivity index (χ0v) is 13.8. The van der Waals surface area contributed by atoms with E-state index in [4.69, 9.17) is 22.1 Å². The molecular formula is C15H19Cl2N3O2. The largest absolute Gasteiger partial charge is 0.497 e. The number of carbonyl (C=O) groups is 1. The van der Waals surface area contributed by atoms with Gasteiger partial charge in [0.15, 0.2) is 0 Å². The third-order valence-electron chi connectivity index (χ3n) is 3.14. The van der Waals surface area contributed by atoms with Gasteiger partial charge in [-0.2, -0.15) is 0 Å². The van der Waals surface area contributed by atoms with Gasteiger partial charge in [-0.05, 0) is 30.7 Å². The lowest BCUT2D eigenvalue weighted by Crippen LogP contribution is -2.13. The average molecular weight is 344 g/mol. The highest BCUT2D eigenvalue weighted by Gasteiger charge is 2.07. The van der Waals surface area contributed by atoms with Crippen LogP contribution in [0.2, 0.25) is 0 Å². The van der Waals surface area contributed by atoms with Gasteiger partial charge in [0.25, 0.3) is 0 Å². The van der Waals surface area contributed by atoms with E-state index in [1.54, 1.807) is 7.11 Å². The maximum Gasteiger partial charge on any atom is 0.217 e. The molecule has 0 fully saturated rings. The number of rotatable bonds is 7. The van der Waals surface area contributed by atoms with Crippen LogP contribution >= 0.6 is 24.0 Å². The number of benzene rings is 1. The highest BCUT2D eigenvalue weighted by molar-refractivity contribution is 6.17. The molecule has 0 saturated heterocycles. The fourth-order valence-electron chi connectivity index (χ4n) is 2.05. The number of carbonyl (C=O) groups excluding carboxylic acids is 1. The topological polar surface area (TPSA) is 77.2 Å². The molecule has 1 aromatic heterocycles. The van der Waals surface area contributed by atoms with Gasteiger partial charge in [-0.1, -0.05) is 0 Å². The second-order valence-corrected chi connectivity index (χ2v) is 4.95. The normalized spacial score (nSPS) is 10.1. The first kappa shape index (κ1) is 18.3. The number of alkyl halides is 1. The molecule has 0 aliphatic rings. The van der Waals surface area contributed by atoms with Crippen LogP contribution < -0.4 is 15.8 Å². The fraction of sp³-hybridized carbons (Fsp3) is 0.333. The van der Waals surface area contributed by atoms with E-state index < -0.39 is 0 Å². The van der Waals surface area contributed by atoms with Crippen LogP contribution in [-0.2, 0) is 10.7 Å². The minimum atomic E-state index is -0.298. The van der Waals surface area contributed by atoms with E-state index in [1.807, 2.05) is 24.3 Å². The quantitative estimate of drug-likeness (QED) is 0.598. The van der Waals surface area contributed by atoms with Gasteiger partial charge in [0.1, 0.15) is 11.6 Å². The van der Waals surface area contributed by atoms with Gasteiger partial charge in [0.05, 0.1) is 18.5 Å². The number of nitrogens with zero attached hydrogens (tertiary/aromatic N) is 1. The number of hydrogen-bond acceptors (Lipinski definition) is 4. The second kappa shape index (κ2) is 8.66.